The van der Waals surface area contributed by atoms with Crippen LogP contribution in [0.5, 0.6) is 0 Å². The smallest absolute Gasteiger partial charge is 0.252 e. The molecule has 1 rings (SSSR count). The van der Waals surface area contributed by atoms with Gasteiger partial charge >= 0.3 is 0 Å². The van der Waals surface area contributed by atoms with Gasteiger partial charge in [-0.15, -0.1) is 0 Å². The zero-order valence-electron chi connectivity index (χ0n) is 14.0. The van der Waals surface area contributed by atoms with E-state index in [-0.39, 0.29) is 17.7 Å². The van der Waals surface area contributed by atoms with E-state index in [1.807, 2.05) is 13.8 Å². The Hall–Kier alpha value is -1.59. The molecule has 3 N–H and O–H groups in total. The summed E-state index contributed by atoms with van der Waals surface area (Å²) in [4.78, 5) is 24.0. The Bertz CT molecular complexity index is 533. The summed E-state index contributed by atoms with van der Waals surface area (Å²) in [6.07, 6.45) is 1.49. The van der Waals surface area contributed by atoms with Crippen LogP contribution in [0.15, 0.2) is 18.2 Å². The maximum atomic E-state index is 12.2. The monoisotopic (exact) mass is 339 g/mol. The summed E-state index contributed by atoms with van der Waals surface area (Å²) in [5.41, 5.74) is 0.943. The topological polar surface area (TPSA) is 70.2 Å². The van der Waals surface area contributed by atoms with Gasteiger partial charge in [0.1, 0.15) is 0 Å². The fourth-order valence-electron chi connectivity index (χ4n) is 2.02. The minimum atomic E-state index is -0.242. The van der Waals surface area contributed by atoms with Gasteiger partial charge < -0.3 is 16.0 Å². The van der Waals surface area contributed by atoms with Gasteiger partial charge in [-0.25, -0.2) is 0 Å². The molecular formula is C17H26ClN3O2. The number of halogens is 1. The molecule has 1 aromatic carbocycles. The second kappa shape index (κ2) is 10.2. The largest absolute Gasteiger partial charge is 0.351 e. The highest BCUT2D eigenvalue weighted by Gasteiger charge is 2.12. The molecule has 0 saturated heterocycles. The van der Waals surface area contributed by atoms with Gasteiger partial charge in [0, 0.05) is 25.2 Å². The molecule has 0 bridgehead atoms. The Morgan fingerprint density at radius 1 is 1.17 bits per heavy atom. The number of carbonyl (C=O) groups is 2. The molecular weight excluding hydrogens is 314 g/mol. The van der Waals surface area contributed by atoms with E-state index in [2.05, 4.69) is 22.9 Å². The van der Waals surface area contributed by atoms with E-state index in [1.165, 1.54) is 0 Å². The first-order valence-electron chi connectivity index (χ1n) is 8.02. The van der Waals surface area contributed by atoms with Crippen LogP contribution in [0.2, 0.25) is 5.02 Å². The summed E-state index contributed by atoms with van der Waals surface area (Å²) in [5.74, 6) is -0.0357. The van der Waals surface area contributed by atoms with Gasteiger partial charge in [0.15, 0.2) is 0 Å². The first kappa shape index (κ1) is 19.5. The lowest BCUT2D eigenvalue weighted by Crippen LogP contribution is -2.32. The molecule has 0 spiro atoms. The lowest BCUT2D eigenvalue weighted by molar-refractivity contribution is -0.116. The maximum Gasteiger partial charge on any atom is 0.252 e. The number of carbonyl (C=O) groups excluding carboxylic acids is 2. The third-order valence-electron chi connectivity index (χ3n) is 3.10. The van der Waals surface area contributed by atoms with Gasteiger partial charge in [0.05, 0.1) is 10.6 Å². The highest BCUT2D eigenvalue weighted by atomic mass is 35.5. The van der Waals surface area contributed by atoms with Gasteiger partial charge in [-0.1, -0.05) is 32.4 Å². The molecule has 23 heavy (non-hydrogen) atoms. The first-order chi connectivity index (χ1) is 10.9. The van der Waals surface area contributed by atoms with Crippen LogP contribution in [0.3, 0.4) is 0 Å². The third-order valence-corrected chi connectivity index (χ3v) is 3.43. The van der Waals surface area contributed by atoms with Gasteiger partial charge in [-0.2, -0.15) is 0 Å². The summed E-state index contributed by atoms with van der Waals surface area (Å²) >= 11 is 6.09. The molecule has 0 radical (unpaired) electrons. The third kappa shape index (κ3) is 7.48. The Morgan fingerprint density at radius 2 is 1.91 bits per heavy atom. The van der Waals surface area contributed by atoms with Crippen LogP contribution in [0.4, 0.5) is 5.69 Å². The molecule has 2 amide bonds. The van der Waals surface area contributed by atoms with Gasteiger partial charge in [-0.05, 0) is 37.1 Å². The van der Waals surface area contributed by atoms with Crippen LogP contribution in [0.1, 0.15) is 44.0 Å². The molecule has 0 aliphatic heterocycles. The zero-order valence-corrected chi connectivity index (χ0v) is 14.8. The molecule has 0 aromatic heterocycles. The normalized spacial score (nSPS) is 10.7. The Morgan fingerprint density at radius 3 is 2.57 bits per heavy atom. The molecule has 0 unspecified atom stereocenters. The van der Waals surface area contributed by atoms with Gasteiger partial charge in [0.25, 0.3) is 5.91 Å². The summed E-state index contributed by atoms with van der Waals surface area (Å²) in [6, 6.07) is 4.92. The van der Waals surface area contributed by atoms with Crippen molar-refractivity contribution in [3.63, 3.8) is 0 Å². The fourth-order valence-corrected chi connectivity index (χ4v) is 2.22. The number of benzene rings is 1. The van der Waals surface area contributed by atoms with Crippen LogP contribution in [-0.4, -0.2) is 31.4 Å². The van der Waals surface area contributed by atoms with E-state index in [1.54, 1.807) is 18.2 Å². The highest BCUT2D eigenvalue weighted by Crippen LogP contribution is 2.21. The first-order valence-corrected chi connectivity index (χ1v) is 8.40. The van der Waals surface area contributed by atoms with Crippen molar-refractivity contribution in [1.29, 1.82) is 0 Å². The van der Waals surface area contributed by atoms with Crippen molar-refractivity contribution < 1.29 is 9.59 Å². The number of hydrogen-bond acceptors (Lipinski definition) is 3. The lowest BCUT2D eigenvalue weighted by Gasteiger charge is -2.11. The van der Waals surface area contributed by atoms with E-state index in [4.69, 9.17) is 11.6 Å². The summed E-state index contributed by atoms with van der Waals surface area (Å²) < 4.78 is 0. The van der Waals surface area contributed by atoms with Crippen LogP contribution in [-0.2, 0) is 4.79 Å². The standard InChI is InChI=1S/C17H26ClN3O2/c1-4-7-19-8-9-20-17(23)14-11-13(5-6-15(14)18)21-16(22)10-12(2)3/h5-6,11-12,19H,4,7-10H2,1-3H3,(H,20,23)(H,21,22). The Kier molecular flexibility index (Phi) is 8.66. The average Bonchev–Trinajstić information content (AvgIpc) is 2.48. The van der Waals surface area contributed by atoms with Crippen molar-refractivity contribution >= 4 is 29.1 Å². The van der Waals surface area contributed by atoms with E-state index in [0.717, 1.165) is 13.0 Å². The van der Waals surface area contributed by atoms with Crippen molar-refractivity contribution in [2.24, 2.45) is 5.92 Å². The minimum Gasteiger partial charge on any atom is -0.351 e. The summed E-state index contributed by atoms with van der Waals surface area (Å²) in [5, 5.41) is 9.18. The van der Waals surface area contributed by atoms with Crippen molar-refractivity contribution in [3.05, 3.63) is 28.8 Å². The maximum absolute atomic E-state index is 12.2. The molecule has 0 saturated carbocycles. The van der Waals surface area contributed by atoms with Crippen molar-refractivity contribution in [2.75, 3.05) is 25.0 Å². The van der Waals surface area contributed by atoms with Crippen LogP contribution < -0.4 is 16.0 Å². The predicted octanol–water partition coefficient (Wildman–Crippen LogP) is 3.05. The Labute approximate surface area is 143 Å². The molecule has 5 nitrogen and oxygen atoms in total. The number of amides is 2. The molecule has 0 fully saturated rings. The number of nitrogens with one attached hydrogen (secondary N) is 3. The van der Waals surface area contributed by atoms with Crippen LogP contribution in [0.25, 0.3) is 0 Å². The van der Waals surface area contributed by atoms with E-state index < -0.39 is 0 Å². The van der Waals surface area contributed by atoms with Crippen molar-refractivity contribution in [3.8, 4) is 0 Å². The molecule has 0 atom stereocenters. The van der Waals surface area contributed by atoms with Crippen LogP contribution >= 0.6 is 11.6 Å². The molecule has 0 aliphatic rings. The number of hydrogen-bond donors (Lipinski definition) is 3. The molecule has 1 aromatic rings. The number of rotatable bonds is 9. The van der Waals surface area contributed by atoms with E-state index >= 15 is 0 Å². The van der Waals surface area contributed by atoms with Gasteiger partial charge in [-0.3, -0.25) is 9.59 Å². The van der Waals surface area contributed by atoms with E-state index in [9.17, 15) is 9.59 Å². The molecule has 0 aliphatic carbocycles. The lowest BCUT2D eigenvalue weighted by atomic mass is 10.1. The van der Waals surface area contributed by atoms with Gasteiger partial charge in [0.2, 0.25) is 5.91 Å². The van der Waals surface area contributed by atoms with Crippen LogP contribution in [0, 0.1) is 5.92 Å². The van der Waals surface area contributed by atoms with E-state index in [0.29, 0.717) is 35.8 Å². The summed E-state index contributed by atoms with van der Waals surface area (Å²) in [6.45, 7) is 8.21. The second-order valence-corrected chi connectivity index (χ2v) is 6.25. The quantitative estimate of drug-likeness (QED) is 0.605. The van der Waals surface area contributed by atoms with Crippen molar-refractivity contribution in [2.45, 2.75) is 33.6 Å². The fraction of sp³-hybridized carbons (Fsp3) is 0.529. The predicted molar refractivity (Wildman–Crippen MR) is 95.0 cm³/mol. The second-order valence-electron chi connectivity index (χ2n) is 5.85. The molecule has 6 heteroatoms. The molecule has 0 heterocycles. The van der Waals surface area contributed by atoms with Crippen molar-refractivity contribution in [1.82, 2.24) is 10.6 Å². The number of anilines is 1. The minimum absolute atomic E-state index is 0.0718. The SMILES string of the molecule is CCCNCCNC(=O)c1cc(NC(=O)CC(C)C)ccc1Cl. The molecule has 128 valence electrons. The Balaban J connectivity index is 2.62. The highest BCUT2D eigenvalue weighted by molar-refractivity contribution is 6.34. The summed E-state index contributed by atoms with van der Waals surface area (Å²) in [7, 11) is 0. The zero-order chi connectivity index (χ0) is 17.2. The average molecular weight is 340 g/mol.